The molecule has 1 aliphatic rings. The van der Waals surface area contributed by atoms with Gasteiger partial charge in [0.25, 0.3) is 5.91 Å². The monoisotopic (exact) mass is 443 g/mol. The Labute approximate surface area is 188 Å². The maximum Gasteiger partial charge on any atom is 0.257 e. The van der Waals surface area contributed by atoms with Crippen LogP contribution in [0.5, 0.6) is 17.2 Å². The Kier molecular flexibility index (Phi) is 7.57. The second-order valence-electron chi connectivity index (χ2n) is 7.51. The summed E-state index contributed by atoms with van der Waals surface area (Å²) in [6, 6.07) is 11.2. The van der Waals surface area contributed by atoms with Crippen molar-refractivity contribution in [3.05, 3.63) is 42.0 Å². The third-order valence-electron chi connectivity index (χ3n) is 5.43. The SMILES string of the molecule is COc1cc(C(=O)NC(=S)Nc2ccccc2N2CCC(C)CC2)cc(OC)c1OC. The Balaban J connectivity index is 1.73. The molecule has 1 heterocycles. The van der Waals surface area contributed by atoms with Gasteiger partial charge < -0.3 is 24.4 Å². The number of hydrogen-bond acceptors (Lipinski definition) is 6. The van der Waals surface area contributed by atoms with Crippen LogP contribution in [0.3, 0.4) is 0 Å². The van der Waals surface area contributed by atoms with E-state index in [1.165, 1.54) is 21.3 Å². The maximum atomic E-state index is 12.8. The standard InChI is InChI=1S/C23H29N3O4S/c1-15-9-11-26(12-10-15)18-8-6-5-7-17(18)24-23(31)25-22(27)16-13-19(28-2)21(30-4)20(14-16)29-3/h5-8,13-15H,9-12H2,1-4H3,(H2,24,25,27,31). The van der Waals surface area contributed by atoms with Gasteiger partial charge in [0.1, 0.15) is 0 Å². The van der Waals surface area contributed by atoms with Crippen molar-refractivity contribution in [2.45, 2.75) is 19.8 Å². The first-order valence-corrected chi connectivity index (χ1v) is 10.6. The van der Waals surface area contributed by atoms with Gasteiger partial charge in [-0.3, -0.25) is 10.1 Å². The molecule has 1 amide bonds. The summed E-state index contributed by atoms with van der Waals surface area (Å²) in [5.41, 5.74) is 2.29. The number of piperidine rings is 1. The summed E-state index contributed by atoms with van der Waals surface area (Å²) >= 11 is 5.41. The number of thiocarbonyl (C=S) groups is 1. The molecule has 2 aromatic carbocycles. The third kappa shape index (κ3) is 5.38. The summed E-state index contributed by atoms with van der Waals surface area (Å²) in [5, 5.41) is 6.12. The number of para-hydroxylation sites is 2. The van der Waals surface area contributed by atoms with Gasteiger partial charge in [0.15, 0.2) is 16.6 Å². The third-order valence-corrected chi connectivity index (χ3v) is 5.63. The van der Waals surface area contributed by atoms with Gasteiger partial charge in [0, 0.05) is 18.7 Å². The van der Waals surface area contributed by atoms with Crippen LogP contribution in [-0.2, 0) is 0 Å². The predicted octanol–water partition coefficient (Wildman–Crippen LogP) is 4.08. The molecule has 0 spiro atoms. The molecule has 166 valence electrons. The van der Waals surface area contributed by atoms with Crippen LogP contribution < -0.4 is 29.7 Å². The van der Waals surface area contributed by atoms with Crippen LogP contribution in [0, 0.1) is 5.92 Å². The van der Waals surface area contributed by atoms with Crippen molar-refractivity contribution < 1.29 is 19.0 Å². The molecule has 0 aromatic heterocycles. The molecular weight excluding hydrogens is 414 g/mol. The zero-order chi connectivity index (χ0) is 22.4. The van der Waals surface area contributed by atoms with E-state index in [1.807, 2.05) is 18.2 Å². The first-order chi connectivity index (χ1) is 15.0. The van der Waals surface area contributed by atoms with Crippen LogP contribution >= 0.6 is 12.2 Å². The number of benzene rings is 2. The van der Waals surface area contributed by atoms with Crippen molar-refractivity contribution in [3.63, 3.8) is 0 Å². The lowest BCUT2D eigenvalue weighted by atomic mass is 9.98. The maximum absolute atomic E-state index is 12.8. The van der Waals surface area contributed by atoms with E-state index in [2.05, 4.69) is 28.5 Å². The summed E-state index contributed by atoms with van der Waals surface area (Å²) < 4.78 is 15.9. The predicted molar refractivity (Wildman–Crippen MR) is 127 cm³/mol. The Hall–Kier alpha value is -3.00. The molecule has 0 radical (unpaired) electrons. The number of ether oxygens (including phenoxy) is 3. The van der Waals surface area contributed by atoms with Gasteiger partial charge in [-0.15, -0.1) is 0 Å². The molecule has 31 heavy (non-hydrogen) atoms. The van der Waals surface area contributed by atoms with Gasteiger partial charge in [0.05, 0.1) is 32.7 Å². The van der Waals surface area contributed by atoms with Gasteiger partial charge >= 0.3 is 0 Å². The number of nitrogens with one attached hydrogen (secondary N) is 2. The van der Waals surface area contributed by atoms with Crippen molar-refractivity contribution in [1.82, 2.24) is 5.32 Å². The van der Waals surface area contributed by atoms with E-state index in [4.69, 9.17) is 26.4 Å². The van der Waals surface area contributed by atoms with Gasteiger partial charge in [-0.2, -0.15) is 0 Å². The number of amides is 1. The highest BCUT2D eigenvalue weighted by Gasteiger charge is 2.20. The lowest BCUT2D eigenvalue weighted by Gasteiger charge is -2.33. The highest BCUT2D eigenvalue weighted by Crippen LogP contribution is 2.38. The number of rotatable bonds is 6. The Morgan fingerprint density at radius 2 is 1.65 bits per heavy atom. The average Bonchev–Trinajstić information content (AvgIpc) is 2.78. The van der Waals surface area contributed by atoms with Crippen LogP contribution in [0.25, 0.3) is 0 Å². The molecule has 1 fully saturated rings. The fourth-order valence-electron chi connectivity index (χ4n) is 3.65. The van der Waals surface area contributed by atoms with Crippen molar-refractivity contribution in [2.75, 3.05) is 44.6 Å². The van der Waals surface area contributed by atoms with E-state index in [0.29, 0.717) is 22.8 Å². The average molecular weight is 444 g/mol. The fraction of sp³-hybridized carbons (Fsp3) is 0.391. The molecule has 2 N–H and O–H groups in total. The molecule has 1 saturated heterocycles. The normalized spacial score (nSPS) is 14.0. The number of hydrogen-bond donors (Lipinski definition) is 2. The summed E-state index contributed by atoms with van der Waals surface area (Å²) in [6.07, 6.45) is 2.33. The Morgan fingerprint density at radius 1 is 1.03 bits per heavy atom. The van der Waals surface area contributed by atoms with Crippen molar-refractivity contribution in [3.8, 4) is 17.2 Å². The van der Waals surface area contributed by atoms with Crippen LogP contribution in [0.4, 0.5) is 11.4 Å². The highest BCUT2D eigenvalue weighted by atomic mass is 32.1. The Bertz CT molecular complexity index is 917. The van der Waals surface area contributed by atoms with Crippen LogP contribution in [0.1, 0.15) is 30.1 Å². The minimum absolute atomic E-state index is 0.219. The first-order valence-electron chi connectivity index (χ1n) is 10.2. The molecular formula is C23H29N3O4S. The van der Waals surface area contributed by atoms with Crippen molar-refractivity contribution in [2.24, 2.45) is 5.92 Å². The van der Waals surface area contributed by atoms with E-state index in [9.17, 15) is 4.79 Å². The fourth-order valence-corrected chi connectivity index (χ4v) is 3.85. The van der Waals surface area contributed by atoms with Gasteiger partial charge in [-0.25, -0.2) is 0 Å². The number of carbonyl (C=O) groups excluding carboxylic acids is 1. The second-order valence-corrected chi connectivity index (χ2v) is 7.92. The quantitative estimate of drug-likeness (QED) is 0.652. The van der Waals surface area contributed by atoms with Crippen molar-refractivity contribution >= 4 is 34.6 Å². The lowest BCUT2D eigenvalue weighted by Crippen LogP contribution is -2.36. The minimum atomic E-state index is -0.374. The number of nitrogens with zero attached hydrogens (tertiary/aromatic N) is 1. The molecule has 3 rings (SSSR count). The largest absolute Gasteiger partial charge is 0.493 e. The molecule has 1 aliphatic heterocycles. The summed E-state index contributed by atoms with van der Waals surface area (Å²) in [5.74, 6) is 1.59. The molecule has 0 unspecified atom stereocenters. The number of carbonyl (C=O) groups is 1. The Morgan fingerprint density at radius 3 is 2.23 bits per heavy atom. The summed E-state index contributed by atoms with van der Waals surface area (Å²) in [6.45, 7) is 4.30. The van der Waals surface area contributed by atoms with E-state index >= 15 is 0 Å². The van der Waals surface area contributed by atoms with Crippen molar-refractivity contribution in [1.29, 1.82) is 0 Å². The van der Waals surface area contributed by atoms with E-state index in [1.54, 1.807) is 12.1 Å². The first kappa shape index (κ1) is 22.7. The second kappa shape index (κ2) is 10.3. The summed E-state index contributed by atoms with van der Waals surface area (Å²) in [7, 11) is 4.52. The lowest BCUT2D eigenvalue weighted by molar-refractivity contribution is 0.0977. The smallest absolute Gasteiger partial charge is 0.257 e. The number of anilines is 2. The van der Waals surface area contributed by atoms with E-state index in [0.717, 1.165) is 43.2 Å². The van der Waals surface area contributed by atoms with Gasteiger partial charge in [-0.05, 0) is 55.2 Å². The van der Waals surface area contributed by atoms with E-state index < -0.39 is 0 Å². The molecule has 0 bridgehead atoms. The zero-order valence-electron chi connectivity index (χ0n) is 18.4. The minimum Gasteiger partial charge on any atom is -0.493 e. The topological polar surface area (TPSA) is 72.1 Å². The molecule has 0 saturated carbocycles. The highest BCUT2D eigenvalue weighted by molar-refractivity contribution is 7.80. The van der Waals surface area contributed by atoms with E-state index in [-0.39, 0.29) is 11.0 Å². The molecule has 7 nitrogen and oxygen atoms in total. The number of methoxy groups -OCH3 is 3. The molecule has 0 atom stereocenters. The van der Waals surface area contributed by atoms with Crippen LogP contribution in [0.15, 0.2) is 36.4 Å². The van der Waals surface area contributed by atoms with Crippen LogP contribution in [0.2, 0.25) is 0 Å². The molecule has 8 heteroatoms. The zero-order valence-corrected chi connectivity index (χ0v) is 19.2. The van der Waals surface area contributed by atoms with Gasteiger partial charge in [0.2, 0.25) is 5.75 Å². The van der Waals surface area contributed by atoms with Crippen LogP contribution in [-0.4, -0.2) is 45.4 Å². The van der Waals surface area contributed by atoms with Gasteiger partial charge in [-0.1, -0.05) is 19.1 Å². The molecule has 0 aliphatic carbocycles. The molecule has 2 aromatic rings. The summed E-state index contributed by atoms with van der Waals surface area (Å²) in [4.78, 5) is 15.2.